The molecule has 0 saturated heterocycles. The third-order valence-corrected chi connectivity index (χ3v) is 6.42. The van der Waals surface area contributed by atoms with Crippen LogP contribution in [0.15, 0.2) is 30.4 Å². The Morgan fingerprint density at radius 3 is 2.96 bits per heavy atom. The molecule has 2 aliphatic heterocycles. The van der Waals surface area contributed by atoms with Crippen molar-refractivity contribution in [3.8, 4) is 11.5 Å². The van der Waals surface area contributed by atoms with E-state index in [0.717, 1.165) is 42.0 Å². The van der Waals surface area contributed by atoms with Crippen LogP contribution in [-0.2, 0) is 12.0 Å². The summed E-state index contributed by atoms with van der Waals surface area (Å²) in [4.78, 5) is 0. The van der Waals surface area contributed by atoms with Gasteiger partial charge in [-0.2, -0.15) is 0 Å². The van der Waals surface area contributed by atoms with Crippen LogP contribution in [0.3, 0.4) is 0 Å². The number of aliphatic hydroxyl groups is 1. The highest BCUT2D eigenvalue weighted by Crippen LogP contribution is 2.57. The summed E-state index contributed by atoms with van der Waals surface area (Å²) in [6, 6.07) is 2.11. The predicted molar refractivity (Wildman–Crippen MR) is 103 cm³/mol. The molecule has 4 atom stereocenters. The quantitative estimate of drug-likeness (QED) is 0.667. The van der Waals surface area contributed by atoms with Crippen molar-refractivity contribution in [2.45, 2.75) is 50.9 Å². The first kappa shape index (κ1) is 17.6. The third kappa shape index (κ3) is 2.50. The second-order valence-corrected chi connectivity index (χ2v) is 8.75. The van der Waals surface area contributed by atoms with Gasteiger partial charge in [-0.25, -0.2) is 0 Å². The van der Waals surface area contributed by atoms with Gasteiger partial charge in [-0.15, -0.1) is 0 Å². The van der Waals surface area contributed by atoms with Crippen molar-refractivity contribution in [1.29, 1.82) is 0 Å². The van der Waals surface area contributed by atoms with Gasteiger partial charge >= 0.3 is 0 Å². The van der Waals surface area contributed by atoms with Crippen LogP contribution in [0.25, 0.3) is 0 Å². The zero-order valence-electron chi connectivity index (χ0n) is 16.3. The average molecular weight is 356 g/mol. The van der Waals surface area contributed by atoms with Crippen LogP contribution >= 0.6 is 0 Å². The van der Waals surface area contributed by atoms with Crippen LogP contribution in [-0.4, -0.2) is 49.0 Å². The molecule has 4 rings (SSSR count). The minimum absolute atomic E-state index is 0.0247. The number of rotatable bonds is 3. The molecule has 3 aliphatic rings. The van der Waals surface area contributed by atoms with Gasteiger partial charge in [-0.3, -0.25) is 0 Å². The number of nitrogens with zero attached hydrogens (tertiary/aromatic N) is 1. The van der Waals surface area contributed by atoms with E-state index in [4.69, 9.17) is 9.47 Å². The molecule has 1 spiro atoms. The molecule has 0 bridgehead atoms. The van der Waals surface area contributed by atoms with E-state index in [1.54, 1.807) is 7.11 Å². The Bertz CT molecular complexity index is 799. The number of hydrogen-bond acceptors (Lipinski definition) is 3. The van der Waals surface area contributed by atoms with Crippen LogP contribution in [0.4, 0.5) is 0 Å². The zero-order valence-corrected chi connectivity index (χ0v) is 16.3. The molecule has 0 aromatic heterocycles. The summed E-state index contributed by atoms with van der Waals surface area (Å²) >= 11 is 0. The van der Waals surface area contributed by atoms with E-state index in [1.165, 1.54) is 22.3 Å². The number of benzene rings is 1. The fraction of sp³-hybridized carbons (Fsp3) is 0.545. The van der Waals surface area contributed by atoms with Gasteiger partial charge in [0.15, 0.2) is 11.5 Å². The van der Waals surface area contributed by atoms with Gasteiger partial charge < -0.3 is 19.1 Å². The van der Waals surface area contributed by atoms with Crippen LogP contribution in [0.5, 0.6) is 11.5 Å². The van der Waals surface area contributed by atoms with Crippen molar-refractivity contribution in [2.24, 2.45) is 0 Å². The van der Waals surface area contributed by atoms with Crippen molar-refractivity contribution < 1.29 is 19.1 Å². The molecule has 0 saturated carbocycles. The summed E-state index contributed by atoms with van der Waals surface area (Å²) < 4.78 is 13.0. The first-order chi connectivity index (χ1) is 12.3. The second-order valence-electron chi connectivity index (χ2n) is 8.75. The van der Waals surface area contributed by atoms with E-state index in [9.17, 15) is 5.11 Å². The maximum absolute atomic E-state index is 10.2. The largest absolute Gasteiger partial charge is 0.493 e. The highest BCUT2D eigenvalue weighted by atomic mass is 16.5. The lowest BCUT2D eigenvalue weighted by atomic mass is 9.68. The fourth-order valence-electron chi connectivity index (χ4n) is 5.28. The predicted octanol–water partition coefficient (Wildman–Crippen LogP) is 3.25. The van der Waals surface area contributed by atoms with Crippen molar-refractivity contribution in [2.75, 3.05) is 27.2 Å². The molecular weight excluding hydrogens is 326 g/mol. The van der Waals surface area contributed by atoms with Crippen LogP contribution in [0.2, 0.25) is 0 Å². The number of aryl methyl sites for hydroxylation is 1. The van der Waals surface area contributed by atoms with E-state index in [2.05, 4.69) is 39.6 Å². The Labute approximate surface area is 156 Å². The summed E-state index contributed by atoms with van der Waals surface area (Å²) in [5.74, 6) is 1.70. The lowest BCUT2D eigenvalue weighted by Crippen LogP contribution is -2.47. The second kappa shape index (κ2) is 5.86. The Kier molecular flexibility index (Phi) is 3.97. The number of quaternary nitrogens is 1. The Balaban J connectivity index is 1.93. The molecule has 1 aromatic rings. The van der Waals surface area contributed by atoms with E-state index in [0.29, 0.717) is 6.42 Å². The molecule has 1 aromatic carbocycles. The number of methoxy groups -OCH3 is 1. The molecule has 0 amide bonds. The van der Waals surface area contributed by atoms with Crippen molar-refractivity contribution in [3.05, 3.63) is 47.1 Å². The number of hydrogen-bond donors (Lipinski definition) is 1. The highest BCUT2D eigenvalue weighted by Gasteiger charge is 2.55. The standard InChI is InChI=1S/C22H30NO3/c1-14(2)12-23(4)9-8-22-7-6-16(24)11-19(22)26-21-18(25-5)10-15(3)17(13-23)20(21)22/h6-7,10,16,19,24H,1,8-9,11-13H2,2-5H3/q+1/t16-,19?,22?,23?/m1/s1. The minimum atomic E-state index is -0.435. The summed E-state index contributed by atoms with van der Waals surface area (Å²) in [6.45, 7) is 11.5. The SMILES string of the molecule is C=C(C)C[N+]1(C)CCC23C=C[C@@H](O)CC2Oc2c(OC)cc(C)c(c23)C1. The molecule has 0 fully saturated rings. The zero-order chi connectivity index (χ0) is 18.7. The summed E-state index contributed by atoms with van der Waals surface area (Å²) in [5.41, 5.74) is 5.00. The topological polar surface area (TPSA) is 38.7 Å². The molecule has 3 unspecified atom stereocenters. The molecule has 140 valence electrons. The van der Waals surface area contributed by atoms with Gasteiger partial charge in [0.05, 0.1) is 38.8 Å². The molecule has 1 N–H and O–H groups in total. The van der Waals surface area contributed by atoms with E-state index >= 15 is 0 Å². The van der Waals surface area contributed by atoms with Crippen LogP contribution < -0.4 is 9.47 Å². The van der Waals surface area contributed by atoms with Crippen LogP contribution in [0.1, 0.15) is 36.5 Å². The normalized spacial score (nSPS) is 34.5. The van der Waals surface area contributed by atoms with Crippen molar-refractivity contribution in [1.82, 2.24) is 0 Å². The molecule has 26 heavy (non-hydrogen) atoms. The lowest BCUT2D eigenvalue weighted by Gasteiger charge is -2.37. The smallest absolute Gasteiger partial charge is 0.166 e. The van der Waals surface area contributed by atoms with E-state index in [-0.39, 0.29) is 11.5 Å². The van der Waals surface area contributed by atoms with Gasteiger partial charge in [0.1, 0.15) is 12.6 Å². The third-order valence-electron chi connectivity index (χ3n) is 6.42. The molecule has 4 nitrogen and oxygen atoms in total. The number of ether oxygens (including phenoxy) is 2. The number of likely N-dealkylation sites (N-methyl/N-ethyl adjacent to an activating group) is 1. The summed E-state index contributed by atoms with van der Waals surface area (Å²) in [7, 11) is 4.04. The van der Waals surface area contributed by atoms with Gasteiger partial charge in [-0.1, -0.05) is 18.7 Å². The maximum atomic E-state index is 10.2. The average Bonchev–Trinajstić information content (AvgIpc) is 2.82. The van der Waals surface area contributed by atoms with Crippen molar-refractivity contribution >= 4 is 0 Å². The Morgan fingerprint density at radius 2 is 2.27 bits per heavy atom. The molecule has 4 heteroatoms. The molecule has 0 radical (unpaired) electrons. The lowest BCUT2D eigenvalue weighted by molar-refractivity contribution is -0.918. The summed E-state index contributed by atoms with van der Waals surface area (Å²) in [5, 5.41) is 10.2. The minimum Gasteiger partial charge on any atom is -0.493 e. The van der Waals surface area contributed by atoms with E-state index in [1.807, 2.05) is 6.08 Å². The molecular formula is C22H30NO3+. The molecule has 2 heterocycles. The fourth-order valence-corrected chi connectivity index (χ4v) is 5.28. The maximum Gasteiger partial charge on any atom is 0.166 e. The first-order valence-corrected chi connectivity index (χ1v) is 9.51. The van der Waals surface area contributed by atoms with Crippen LogP contribution in [0, 0.1) is 6.92 Å². The highest BCUT2D eigenvalue weighted by molar-refractivity contribution is 5.63. The van der Waals surface area contributed by atoms with Gasteiger partial charge in [0.2, 0.25) is 0 Å². The van der Waals surface area contributed by atoms with E-state index < -0.39 is 6.10 Å². The number of aliphatic hydroxyl groups excluding tert-OH is 1. The Hall–Kier alpha value is -1.78. The molecule has 1 aliphatic carbocycles. The monoisotopic (exact) mass is 356 g/mol. The van der Waals surface area contributed by atoms with Gasteiger partial charge in [0.25, 0.3) is 0 Å². The Morgan fingerprint density at radius 1 is 1.50 bits per heavy atom. The summed E-state index contributed by atoms with van der Waals surface area (Å²) in [6.07, 6.45) is 5.37. The van der Waals surface area contributed by atoms with Crippen molar-refractivity contribution in [3.63, 3.8) is 0 Å². The van der Waals surface area contributed by atoms with Gasteiger partial charge in [-0.05, 0) is 31.1 Å². The first-order valence-electron chi connectivity index (χ1n) is 9.51. The van der Waals surface area contributed by atoms with Gasteiger partial charge in [0, 0.05) is 24.0 Å².